The highest BCUT2D eigenvalue weighted by Crippen LogP contribution is 2.36. The van der Waals surface area contributed by atoms with Gasteiger partial charge in [0, 0.05) is 10.8 Å². The van der Waals surface area contributed by atoms with E-state index in [0.29, 0.717) is 44.6 Å². The van der Waals surface area contributed by atoms with Crippen molar-refractivity contribution in [2.45, 2.75) is 27.7 Å². The average molecular weight is 535 g/mol. The predicted molar refractivity (Wildman–Crippen MR) is 158 cm³/mol. The first kappa shape index (κ1) is 26.8. The highest BCUT2D eigenvalue weighted by Gasteiger charge is 2.26. The fraction of sp³-hybridized carbons (Fsp3) is 0.176. The molecule has 6 nitrogen and oxygen atoms in total. The number of rotatable bonds is 8. The van der Waals surface area contributed by atoms with Crippen molar-refractivity contribution in [3.8, 4) is 0 Å². The van der Waals surface area contributed by atoms with Gasteiger partial charge in [-0.1, -0.05) is 71.8 Å². The number of carbonyl (C=O) groups excluding carboxylic acids is 2. The molecule has 3 aromatic carbocycles. The van der Waals surface area contributed by atoms with Crippen LogP contribution in [0.2, 0.25) is 0 Å². The summed E-state index contributed by atoms with van der Waals surface area (Å²) in [6.07, 6.45) is 7.26. The Morgan fingerprint density at radius 3 is 1.35 bits per heavy atom. The molecule has 5 aromatic rings. The maximum atomic E-state index is 13.0. The molecular formula is C34H30O6. The van der Waals surface area contributed by atoms with Gasteiger partial charge in [0.25, 0.3) is 0 Å². The predicted octanol–water partition coefficient (Wildman–Crippen LogP) is 8.49. The second-order valence-electron chi connectivity index (χ2n) is 9.46. The molecule has 202 valence electrons. The molecule has 0 unspecified atom stereocenters. The standard InChI is InChI=1S/C34H30O6/c1-5-37-33(35)31-25-19-30-26(20-29(25)39-27(31)17-15-23-11-7-21(3)8-12-23)32(34(36)38-6-2)28(40-30)18-16-24-13-9-22(4)10-14-24/h7-20H,5-6H2,1-4H3/b17-15+,18-16+. The molecule has 0 saturated carbocycles. The largest absolute Gasteiger partial charge is 0.462 e. The van der Waals surface area contributed by atoms with E-state index in [4.69, 9.17) is 18.3 Å². The smallest absolute Gasteiger partial charge is 0.342 e. The van der Waals surface area contributed by atoms with E-state index in [0.717, 1.165) is 22.3 Å². The Balaban J connectivity index is 1.65. The van der Waals surface area contributed by atoms with E-state index in [1.807, 2.05) is 74.5 Å². The number of esters is 2. The molecule has 0 fully saturated rings. The Morgan fingerprint density at radius 2 is 1.00 bits per heavy atom. The lowest BCUT2D eigenvalue weighted by Gasteiger charge is -2.01. The molecule has 0 bridgehead atoms. The number of aryl methyl sites for hydroxylation is 2. The van der Waals surface area contributed by atoms with E-state index in [9.17, 15) is 9.59 Å². The quantitative estimate of drug-likeness (QED) is 0.186. The Morgan fingerprint density at radius 1 is 0.625 bits per heavy atom. The van der Waals surface area contributed by atoms with E-state index < -0.39 is 11.9 Å². The molecule has 5 rings (SSSR count). The van der Waals surface area contributed by atoms with Crippen LogP contribution in [0.1, 0.15) is 68.3 Å². The lowest BCUT2D eigenvalue weighted by Crippen LogP contribution is -2.05. The van der Waals surface area contributed by atoms with E-state index >= 15 is 0 Å². The zero-order chi connectivity index (χ0) is 28.2. The second kappa shape index (κ2) is 11.5. The minimum Gasteiger partial charge on any atom is -0.462 e. The van der Waals surface area contributed by atoms with Gasteiger partial charge in [0.1, 0.15) is 33.8 Å². The third-order valence-corrected chi connectivity index (χ3v) is 6.52. The fourth-order valence-electron chi connectivity index (χ4n) is 4.49. The Kier molecular flexibility index (Phi) is 7.69. The normalized spacial score (nSPS) is 11.7. The van der Waals surface area contributed by atoms with Crippen molar-refractivity contribution in [2.24, 2.45) is 0 Å². The Bertz CT molecular complexity index is 1610. The molecule has 2 aromatic heterocycles. The SMILES string of the molecule is CCOC(=O)c1c(/C=C/c2ccc(C)cc2)oc2cc3c(C(=O)OCC)c(/C=C/c4ccc(C)cc4)oc3cc12. The Hall–Kier alpha value is -4.84. The first-order chi connectivity index (χ1) is 19.4. The lowest BCUT2D eigenvalue weighted by atomic mass is 10.1. The molecular weight excluding hydrogens is 504 g/mol. The first-order valence-corrected chi connectivity index (χ1v) is 13.2. The highest BCUT2D eigenvalue weighted by atomic mass is 16.5. The fourth-order valence-corrected chi connectivity index (χ4v) is 4.49. The molecule has 0 atom stereocenters. The van der Waals surface area contributed by atoms with Gasteiger partial charge < -0.3 is 18.3 Å². The Labute approximate surface area is 232 Å². The summed E-state index contributed by atoms with van der Waals surface area (Å²) in [4.78, 5) is 26.1. The maximum absolute atomic E-state index is 13.0. The van der Waals surface area contributed by atoms with Crippen LogP contribution in [-0.4, -0.2) is 25.2 Å². The molecule has 0 N–H and O–H groups in total. The van der Waals surface area contributed by atoms with Crippen LogP contribution in [0.15, 0.2) is 69.5 Å². The number of carbonyl (C=O) groups is 2. The van der Waals surface area contributed by atoms with E-state index in [-0.39, 0.29) is 13.2 Å². The van der Waals surface area contributed by atoms with Crippen LogP contribution in [0, 0.1) is 13.8 Å². The van der Waals surface area contributed by atoms with Crippen molar-refractivity contribution < 1.29 is 27.9 Å². The molecule has 0 aliphatic rings. The van der Waals surface area contributed by atoms with Crippen molar-refractivity contribution in [2.75, 3.05) is 13.2 Å². The second-order valence-corrected chi connectivity index (χ2v) is 9.46. The molecule has 0 aliphatic heterocycles. The summed E-state index contributed by atoms with van der Waals surface area (Å²) in [6.45, 7) is 7.99. The van der Waals surface area contributed by atoms with Crippen LogP contribution in [0.4, 0.5) is 0 Å². The zero-order valence-electron chi connectivity index (χ0n) is 22.9. The van der Waals surface area contributed by atoms with Crippen LogP contribution >= 0.6 is 0 Å². The van der Waals surface area contributed by atoms with Crippen LogP contribution in [0.5, 0.6) is 0 Å². The number of furan rings is 2. The minimum absolute atomic E-state index is 0.219. The first-order valence-electron chi connectivity index (χ1n) is 13.2. The summed E-state index contributed by atoms with van der Waals surface area (Å²) in [5.41, 5.74) is 5.69. The van der Waals surface area contributed by atoms with Crippen molar-refractivity contribution in [1.29, 1.82) is 0 Å². The van der Waals surface area contributed by atoms with Crippen molar-refractivity contribution >= 4 is 58.2 Å². The lowest BCUT2D eigenvalue weighted by molar-refractivity contribution is 0.0517. The van der Waals surface area contributed by atoms with Crippen LogP contribution in [0.3, 0.4) is 0 Å². The van der Waals surface area contributed by atoms with Gasteiger partial charge in [-0.2, -0.15) is 0 Å². The van der Waals surface area contributed by atoms with Crippen LogP contribution in [-0.2, 0) is 9.47 Å². The summed E-state index contributed by atoms with van der Waals surface area (Å²) in [5.74, 6) is -0.278. The van der Waals surface area contributed by atoms with Gasteiger partial charge in [-0.3, -0.25) is 0 Å². The summed E-state index contributed by atoms with van der Waals surface area (Å²) in [7, 11) is 0. The summed E-state index contributed by atoms with van der Waals surface area (Å²) >= 11 is 0. The maximum Gasteiger partial charge on any atom is 0.342 e. The number of ether oxygens (including phenoxy) is 2. The van der Waals surface area contributed by atoms with Crippen molar-refractivity contribution in [1.82, 2.24) is 0 Å². The molecule has 40 heavy (non-hydrogen) atoms. The molecule has 2 heterocycles. The number of hydrogen-bond donors (Lipinski definition) is 0. The van der Waals surface area contributed by atoms with Crippen LogP contribution < -0.4 is 0 Å². The highest BCUT2D eigenvalue weighted by molar-refractivity contribution is 6.14. The summed E-state index contributed by atoms with van der Waals surface area (Å²) < 4.78 is 23.1. The zero-order valence-corrected chi connectivity index (χ0v) is 22.9. The number of benzene rings is 3. The van der Waals surface area contributed by atoms with Gasteiger partial charge in [0.05, 0.1) is 13.2 Å². The summed E-state index contributed by atoms with van der Waals surface area (Å²) in [6, 6.07) is 19.4. The molecule has 0 aliphatic carbocycles. The van der Waals surface area contributed by atoms with Crippen LogP contribution in [0.25, 0.3) is 46.2 Å². The molecule has 0 saturated heterocycles. The van der Waals surface area contributed by atoms with Crippen molar-refractivity contribution in [3.05, 3.63) is 106 Å². The minimum atomic E-state index is -0.499. The van der Waals surface area contributed by atoms with Gasteiger partial charge in [0.2, 0.25) is 0 Å². The average Bonchev–Trinajstić information content (AvgIpc) is 3.48. The number of hydrogen-bond acceptors (Lipinski definition) is 6. The van der Waals surface area contributed by atoms with Gasteiger partial charge in [0.15, 0.2) is 0 Å². The summed E-state index contributed by atoms with van der Waals surface area (Å²) in [5, 5.41) is 1.07. The molecule has 0 amide bonds. The molecule has 0 radical (unpaired) electrons. The van der Waals surface area contributed by atoms with E-state index in [1.165, 1.54) is 0 Å². The van der Waals surface area contributed by atoms with E-state index in [1.54, 1.807) is 38.1 Å². The molecule has 0 spiro atoms. The topological polar surface area (TPSA) is 78.9 Å². The van der Waals surface area contributed by atoms with Gasteiger partial charge >= 0.3 is 11.9 Å². The number of fused-ring (bicyclic) bond motifs is 2. The van der Waals surface area contributed by atoms with Gasteiger partial charge in [-0.25, -0.2) is 9.59 Å². The molecule has 6 heteroatoms. The van der Waals surface area contributed by atoms with Gasteiger partial charge in [-0.15, -0.1) is 0 Å². The van der Waals surface area contributed by atoms with E-state index in [2.05, 4.69) is 0 Å². The van der Waals surface area contributed by atoms with Gasteiger partial charge in [-0.05, 0) is 63.1 Å². The third kappa shape index (κ3) is 5.47. The van der Waals surface area contributed by atoms with Crippen molar-refractivity contribution in [3.63, 3.8) is 0 Å². The monoisotopic (exact) mass is 534 g/mol. The third-order valence-electron chi connectivity index (χ3n) is 6.52.